The molecule has 4 nitrogen and oxygen atoms in total. The fourth-order valence-corrected chi connectivity index (χ4v) is 1.78. The Hall–Kier alpha value is -1.84. The van der Waals surface area contributed by atoms with E-state index in [1.165, 1.54) is 0 Å². The van der Waals surface area contributed by atoms with Crippen LogP contribution in [-0.4, -0.2) is 46.8 Å². The van der Waals surface area contributed by atoms with Gasteiger partial charge in [-0.2, -0.15) is 0 Å². The number of hydrogen-bond acceptors (Lipinski definition) is 2. The zero-order chi connectivity index (χ0) is 17.3. The Balaban J connectivity index is 3.10. The van der Waals surface area contributed by atoms with Gasteiger partial charge in [0.15, 0.2) is 0 Å². The number of carbonyl (C=O) groups excluding carboxylic acids is 2. The van der Waals surface area contributed by atoms with Crippen LogP contribution in [0.2, 0.25) is 0 Å². The minimum absolute atomic E-state index is 0.0828. The molecule has 1 rings (SSSR count). The molecule has 0 saturated carbocycles. The summed E-state index contributed by atoms with van der Waals surface area (Å²) in [6.45, 7) is 11.9. The molecule has 0 N–H and O–H groups in total. The molecule has 0 spiro atoms. The molecule has 22 heavy (non-hydrogen) atoms. The molecule has 0 aromatic heterocycles. The van der Waals surface area contributed by atoms with Crippen molar-refractivity contribution in [3.63, 3.8) is 0 Å². The molecule has 0 bridgehead atoms. The van der Waals surface area contributed by atoms with E-state index in [4.69, 9.17) is 0 Å². The first-order valence-electron chi connectivity index (χ1n) is 7.52. The van der Waals surface area contributed by atoms with E-state index in [9.17, 15) is 9.59 Å². The van der Waals surface area contributed by atoms with Gasteiger partial charge in [-0.3, -0.25) is 9.59 Å². The normalized spacial score (nSPS) is 12.0. The van der Waals surface area contributed by atoms with Crippen molar-refractivity contribution in [3.05, 3.63) is 35.4 Å². The summed E-state index contributed by atoms with van der Waals surface area (Å²) in [4.78, 5) is 28.4. The Kier molecular flexibility index (Phi) is 5.06. The average Bonchev–Trinajstić information content (AvgIpc) is 2.42. The summed E-state index contributed by atoms with van der Waals surface area (Å²) in [6, 6.07) is 6.93. The lowest BCUT2D eigenvalue weighted by molar-refractivity contribution is 0.0655. The number of amides is 2. The Labute approximate surface area is 134 Å². The Morgan fingerprint density at radius 2 is 1.09 bits per heavy atom. The van der Waals surface area contributed by atoms with Gasteiger partial charge >= 0.3 is 0 Å². The van der Waals surface area contributed by atoms with Crippen LogP contribution in [0.4, 0.5) is 0 Å². The molecule has 0 heterocycles. The van der Waals surface area contributed by atoms with Crippen molar-refractivity contribution in [3.8, 4) is 0 Å². The third kappa shape index (κ3) is 4.09. The molecule has 0 saturated heterocycles. The molecule has 1 aromatic rings. The van der Waals surface area contributed by atoms with E-state index in [0.29, 0.717) is 11.1 Å². The molecule has 0 aliphatic rings. The molecule has 122 valence electrons. The van der Waals surface area contributed by atoms with Crippen molar-refractivity contribution in [1.29, 1.82) is 0 Å². The molecule has 0 aliphatic heterocycles. The number of nitrogens with zero attached hydrogens (tertiary/aromatic N) is 2. The summed E-state index contributed by atoms with van der Waals surface area (Å²) < 4.78 is 0. The summed E-state index contributed by atoms with van der Waals surface area (Å²) in [5.74, 6) is -0.166. The van der Waals surface area contributed by atoms with Gasteiger partial charge in [0, 0.05) is 36.3 Å². The highest BCUT2D eigenvalue weighted by molar-refractivity contribution is 6.00. The lowest BCUT2D eigenvalue weighted by Crippen LogP contribution is -2.43. The maximum absolute atomic E-state index is 12.5. The highest BCUT2D eigenvalue weighted by Gasteiger charge is 2.26. The predicted molar refractivity (Wildman–Crippen MR) is 90.1 cm³/mol. The molecular formula is C18H28N2O2. The van der Waals surface area contributed by atoms with E-state index in [1.54, 1.807) is 48.2 Å². The largest absolute Gasteiger partial charge is 0.337 e. The predicted octanol–water partition coefficient (Wildman–Crippen LogP) is 3.43. The van der Waals surface area contributed by atoms with Crippen molar-refractivity contribution < 1.29 is 9.59 Å². The number of carbonyl (C=O) groups is 2. The Morgan fingerprint density at radius 1 is 0.773 bits per heavy atom. The second-order valence-electron chi connectivity index (χ2n) is 7.65. The summed E-state index contributed by atoms with van der Waals surface area (Å²) in [5.41, 5.74) is 0.537. The quantitative estimate of drug-likeness (QED) is 0.840. The zero-order valence-electron chi connectivity index (χ0n) is 15.0. The topological polar surface area (TPSA) is 40.6 Å². The first kappa shape index (κ1) is 18.2. The maximum Gasteiger partial charge on any atom is 0.254 e. The van der Waals surface area contributed by atoms with Crippen LogP contribution in [0.3, 0.4) is 0 Å². The highest BCUT2D eigenvalue weighted by atomic mass is 16.2. The smallest absolute Gasteiger partial charge is 0.254 e. The van der Waals surface area contributed by atoms with Crippen LogP contribution in [0.15, 0.2) is 24.3 Å². The van der Waals surface area contributed by atoms with Gasteiger partial charge in [-0.25, -0.2) is 0 Å². The van der Waals surface area contributed by atoms with Gasteiger partial charge in [-0.1, -0.05) is 6.07 Å². The van der Waals surface area contributed by atoms with Crippen molar-refractivity contribution in [2.75, 3.05) is 14.1 Å². The molecule has 0 radical (unpaired) electrons. The van der Waals surface area contributed by atoms with Gasteiger partial charge in [-0.05, 0) is 59.7 Å². The minimum Gasteiger partial charge on any atom is -0.337 e. The van der Waals surface area contributed by atoms with Gasteiger partial charge < -0.3 is 9.80 Å². The molecule has 0 fully saturated rings. The van der Waals surface area contributed by atoms with Crippen LogP contribution in [0.25, 0.3) is 0 Å². The van der Waals surface area contributed by atoms with E-state index in [-0.39, 0.29) is 22.9 Å². The average molecular weight is 304 g/mol. The van der Waals surface area contributed by atoms with Crippen LogP contribution in [0.1, 0.15) is 62.3 Å². The maximum atomic E-state index is 12.5. The third-order valence-electron chi connectivity index (χ3n) is 3.98. The second-order valence-corrected chi connectivity index (χ2v) is 7.65. The number of benzene rings is 1. The molecule has 0 atom stereocenters. The van der Waals surface area contributed by atoms with Crippen molar-refractivity contribution in [2.45, 2.75) is 52.6 Å². The third-order valence-corrected chi connectivity index (χ3v) is 3.98. The zero-order valence-corrected chi connectivity index (χ0v) is 15.0. The first-order valence-corrected chi connectivity index (χ1v) is 7.52. The molecular weight excluding hydrogens is 276 g/mol. The summed E-state index contributed by atoms with van der Waals surface area (Å²) in [5, 5.41) is 0. The van der Waals surface area contributed by atoms with Crippen molar-refractivity contribution in [1.82, 2.24) is 9.80 Å². The Morgan fingerprint density at radius 3 is 1.36 bits per heavy atom. The van der Waals surface area contributed by atoms with Crippen LogP contribution in [-0.2, 0) is 0 Å². The van der Waals surface area contributed by atoms with E-state index in [0.717, 1.165) is 0 Å². The number of rotatable bonds is 2. The van der Waals surface area contributed by atoms with E-state index in [2.05, 4.69) is 0 Å². The molecule has 2 amide bonds. The van der Waals surface area contributed by atoms with Crippen LogP contribution < -0.4 is 0 Å². The standard InChI is InChI=1S/C18H28N2O2/c1-17(2,3)19(7)15(21)13-10-9-11-14(12-13)16(22)20(8)18(4,5)6/h9-12H,1-8H3. The van der Waals surface area contributed by atoms with Crippen LogP contribution in [0, 0.1) is 0 Å². The molecule has 0 aliphatic carbocycles. The molecule has 1 aromatic carbocycles. The van der Waals surface area contributed by atoms with E-state index >= 15 is 0 Å². The van der Waals surface area contributed by atoms with E-state index < -0.39 is 0 Å². The summed E-state index contributed by atoms with van der Waals surface area (Å²) in [7, 11) is 3.55. The Bertz CT molecular complexity index is 518. The van der Waals surface area contributed by atoms with Gasteiger partial charge in [-0.15, -0.1) is 0 Å². The minimum atomic E-state index is -0.265. The fourth-order valence-electron chi connectivity index (χ4n) is 1.78. The molecule has 4 heteroatoms. The fraction of sp³-hybridized carbons (Fsp3) is 0.556. The summed E-state index contributed by atoms with van der Waals surface area (Å²) >= 11 is 0. The van der Waals surface area contributed by atoms with Crippen LogP contribution >= 0.6 is 0 Å². The monoisotopic (exact) mass is 304 g/mol. The van der Waals surface area contributed by atoms with Crippen molar-refractivity contribution >= 4 is 11.8 Å². The lowest BCUT2D eigenvalue weighted by Gasteiger charge is -2.33. The van der Waals surface area contributed by atoms with Gasteiger partial charge in [0.05, 0.1) is 0 Å². The van der Waals surface area contributed by atoms with Crippen LogP contribution in [0.5, 0.6) is 0 Å². The SMILES string of the molecule is CN(C(=O)c1cccc(C(=O)N(C)C(C)(C)C)c1)C(C)(C)C. The van der Waals surface area contributed by atoms with Crippen molar-refractivity contribution in [2.24, 2.45) is 0 Å². The lowest BCUT2D eigenvalue weighted by atomic mass is 10.0. The van der Waals surface area contributed by atoms with E-state index in [1.807, 2.05) is 41.5 Å². The van der Waals surface area contributed by atoms with Gasteiger partial charge in [0.1, 0.15) is 0 Å². The van der Waals surface area contributed by atoms with Gasteiger partial charge in [0.2, 0.25) is 0 Å². The number of hydrogen-bond donors (Lipinski definition) is 0. The van der Waals surface area contributed by atoms with Gasteiger partial charge in [0.25, 0.3) is 11.8 Å². The highest BCUT2D eigenvalue weighted by Crippen LogP contribution is 2.18. The first-order chi connectivity index (χ1) is 9.85. The summed E-state index contributed by atoms with van der Waals surface area (Å²) in [6.07, 6.45) is 0. The molecule has 0 unspecified atom stereocenters. The second kappa shape index (κ2) is 6.11.